The molecule has 0 spiro atoms. The average Bonchev–Trinajstić information content (AvgIpc) is 2.60. The highest BCUT2D eigenvalue weighted by Gasteiger charge is 2.03. The molecule has 0 saturated carbocycles. The molecule has 2 heterocycles. The van der Waals surface area contributed by atoms with Crippen molar-refractivity contribution in [1.29, 1.82) is 0 Å². The minimum Gasteiger partial charge on any atom is -0.396 e. The molecule has 3 N–H and O–H groups in total. The standard InChI is InChI=1S/C10H13N3O/c11-6-9-2-1-3-10-12-8(4-5-14)7-13(9)10/h1-3,7,14H,4-6,11H2. The molecule has 0 atom stereocenters. The van der Waals surface area contributed by atoms with Crippen LogP contribution in [0.1, 0.15) is 11.4 Å². The van der Waals surface area contributed by atoms with E-state index >= 15 is 0 Å². The Kier molecular flexibility index (Phi) is 2.47. The van der Waals surface area contributed by atoms with E-state index in [-0.39, 0.29) is 6.61 Å². The van der Waals surface area contributed by atoms with Crippen LogP contribution in [0.5, 0.6) is 0 Å². The van der Waals surface area contributed by atoms with Crippen LogP contribution < -0.4 is 5.73 Å². The van der Waals surface area contributed by atoms with Gasteiger partial charge in [0, 0.05) is 31.5 Å². The number of pyridine rings is 1. The van der Waals surface area contributed by atoms with Crippen molar-refractivity contribution < 1.29 is 5.11 Å². The molecule has 0 aliphatic rings. The third-order valence-electron chi connectivity index (χ3n) is 2.20. The molecule has 2 aromatic heterocycles. The smallest absolute Gasteiger partial charge is 0.137 e. The highest BCUT2D eigenvalue weighted by atomic mass is 16.3. The van der Waals surface area contributed by atoms with Gasteiger partial charge < -0.3 is 15.2 Å². The molecule has 2 aromatic rings. The van der Waals surface area contributed by atoms with E-state index < -0.39 is 0 Å². The molecule has 2 rings (SSSR count). The van der Waals surface area contributed by atoms with Gasteiger partial charge in [-0.05, 0) is 12.1 Å². The monoisotopic (exact) mass is 191 g/mol. The molecular formula is C10H13N3O. The molecular weight excluding hydrogens is 178 g/mol. The molecule has 0 fully saturated rings. The van der Waals surface area contributed by atoms with Crippen LogP contribution in [-0.4, -0.2) is 21.1 Å². The van der Waals surface area contributed by atoms with Crippen LogP contribution in [0.4, 0.5) is 0 Å². The van der Waals surface area contributed by atoms with Crippen molar-refractivity contribution in [3.05, 3.63) is 35.8 Å². The van der Waals surface area contributed by atoms with Crippen molar-refractivity contribution in [3.63, 3.8) is 0 Å². The van der Waals surface area contributed by atoms with E-state index in [1.807, 2.05) is 28.8 Å². The van der Waals surface area contributed by atoms with Crippen LogP contribution in [0.15, 0.2) is 24.4 Å². The van der Waals surface area contributed by atoms with Gasteiger partial charge in [0.25, 0.3) is 0 Å². The van der Waals surface area contributed by atoms with Gasteiger partial charge in [-0.3, -0.25) is 0 Å². The second-order valence-electron chi connectivity index (χ2n) is 3.16. The van der Waals surface area contributed by atoms with Gasteiger partial charge in [-0.15, -0.1) is 0 Å². The van der Waals surface area contributed by atoms with Crippen LogP contribution in [0.2, 0.25) is 0 Å². The Morgan fingerprint density at radius 2 is 2.29 bits per heavy atom. The van der Waals surface area contributed by atoms with Crippen LogP contribution in [-0.2, 0) is 13.0 Å². The van der Waals surface area contributed by atoms with E-state index in [9.17, 15) is 0 Å². The topological polar surface area (TPSA) is 63.5 Å². The molecule has 0 amide bonds. The van der Waals surface area contributed by atoms with Gasteiger partial charge in [0.15, 0.2) is 0 Å². The van der Waals surface area contributed by atoms with E-state index in [1.54, 1.807) is 0 Å². The summed E-state index contributed by atoms with van der Waals surface area (Å²) in [5, 5.41) is 8.80. The Morgan fingerprint density at radius 1 is 1.43 bits per heavy atom. The van der Waals surface area contributed by atoms with Gasteiger partial charge in [0.2, 0.25) is 0 Å². The molecule has 0 aliphatic carbocycles. The summed E-state index contributed by atoms with van der Waals surface area (Å²) in [5.41, 5.74) is 8.41. The predicted octanol–water partition coefficient (Wildman–Crippen LogP) is 0.328. The van der Waals surface area contributed by atoms with Crippen molar-refractivity contribution in [2.45, 2.75) is 13.0 Å². The first-order valence-corrected chi connectivity index (χ1v) is 4.62. The van der Waals surface area contributed by atoms with Crippen molar-refractivity contribution in [1.82, 2.24) is 9.38 Å². The molecule has 0 unspecified atom stereocenters. The quantitative estimate of drug-likeness (QED) is 0.734. The van der Waals surface area contributed by atoms with Crippen molar-refractivity contribution in [2.75, 3.05) is 6.61 Å². The summed E-state index contributed by atoms with van der Waals surface area (Å²) >= 11 is 0. The second kappa shape index (κ2) is 3.77. The fourth-order valence-electron chi connectivity index (χ4n) is 1.52. The van der Waals surface area contributed by atoms with Crippen molar-refractivity contribution in [2.24, 2.45) is 5.73 Å². The second-order valence-corrected chi connectivity index (χ2v) is 3.16. The van der Waals surface area contributed by atoms with E-state index in [0.717, 1.165) is 17.0 Å². The number of aromatic nitrogens is 2. The number of aliphatic hydroxyl groups is 1. The number of aliphatic hydroxyl groups excluding tert-OH is 1. The minimum absolute atomic E-state index is 0.127. The maximum atomic E-state index is 8.80. The number of rotatable bonds is 3. The molecule has 0 aromatic carbocycles. The summed E-state index contributed by atoms with van der Waals surface area (Å²) in [7, 11) is 0. The normalized spacial score (nSPS) is 11.0. The maximum absolute atomic E-state index is 8.80. The minimum atomic E-state index is 0.127. The zero-order valence-corrected chi connectivity index (χ0v) is 7.85. The lowest BCUT2D eigenvalue weighted by atomic mass is 10.3. The Morgan fingerprint density at radius 3 is 3.00 bits per heavy atom. The molecule has 4 heteroatoms. The van der Waals surface area contributed by atoms with Gasteiger partial charge in [-0.1, -0.05) is 6.07 Å². The van der Waals surface area contributed by atoms with Crippen LogP contribution in [0, 0.1) is 0 Å². The molecule has 0 aliphatic heterocycles. The summed E-state index contributed by atoms with van der Waals surface area (Å²) in [4.78, 5) is 4.36. The zero-order valence-electron chi connectivity index (χ0n) is 7.85. The van der Waals surface area contributed by atoms with E-state index in [4.69, 9.17) is 10.8 Å². The fourth-order valence-corrected chi connectivity index (χ4v) is 1.52. The third kappa shape index (κ3) is 1.49. The lowest BCUT2D eigenvalue weighted by Gasteiger charge is -1.99. The molecule has 4 nitrogen and oxygen atoms in total. The zero-order chi connectivity index (χ0) is 9.97. The predicted molar refractivity (Wildman–Crippen MR) is 53.9 cm³/mol. The maximum Gasteiger partial charge on any atom is 0.137 e. The summed E-state index contributed by atoms with van der Waals surface area (Å²) in [6.45, 7) is 0.619. The fraction of sp³-hybridized carbons (Fsp3) is 0.300. The lowest BCUT2D eigenvalue weighted by molar-refractivity contribution is 0.298. The van der Waals surface area contributed by atoms with Crippen LogP contribution in [0.3, 0.4) is 0 Å². The van der Waals surface area contributed by atoms with E-state index in [1.165, 1.54) is 0 Å². The van der Waals surface area contributed by atoms with E-state index in [2.05, 4.69) is 4.98 Å². The molecule has 0 radical (unpaired) electrons. The third-order valence-corrected chi connectivity index (χ3v) is 2.20. The molecule has 0 saturated heterocycles. The largest absolute Gasteiger partial charge is 0.396 e. The van der Waals surface area contributed by atoms with E-state index in [0.29, 0.717) is 13.0 Å². The first kappa shape index (κ1) is 9.18. The van der Waals surface area contributed by atoms with Gasteiger partial charge in [0.1, 0.15) is 5.65 Å². The SMILES string of the molecule is NCc1cccc2nc(CCO)cn12. The first-order chi connectivity index (χ1) is 6.85. The Balaban J connectivity index is 2.52. The summed E-state index contributed by atoms with van der Waals surface area (Å²) in [6.07, 6.45) is 2.51. The Bertz CT molecular complexity index is 436. The molecule has 74 valence electrons. The van der Waals surface area contributed by atoms with Crippen molar-refractivity contribution in [3.8, 4) is 0 Å². The Hall–Kier alpha value is -1.39. The Labute approximate surface area is 82.0 Å². The van der Waals surface area contributed by atoms with Gasteiger partial charge >= 0.3 is 0 Å². The van der Waals surface area contributed by atoms with Crippen LogP contribution >= 0.6 is 0 Å². The number of hydrogen-bond donors (Lipinski definition) is 2. The number of nitrogens with zero attached hydrogens (tertiary/aromatic N) is 2. The van der Waals surface area contributed by atoms with Gasteiger partial charge in [0.05, 0.1) is 5.69 Å². The number of imidazole rings is 1. The molecule has 0 bridgehead atoms. The van der Waals surface area contributed by atoms with Crippen molar-refractivity contribution >= 4 is 5.65 Å². The number of fused-ring (bicyclic) bond motifs is 1. The highest BCUT2D eigenvalue weighted by molar-refractivity contribution is 5.41. The highest BCUT2D eigenvalue weighted by Crippen LogP contribution is 2.08. The summed E-state index contributed by atoms with van der Waals surface area (Å²) < 4.78 is 1.96. The first-order valence-electron chi connectivity index (χ1n) is 4.62. The number of hydrogen-bond acceptors (Lipinski definition) is 3. The summed E-state index contributed by atoms with van der Waals surface area (Å²) in [5.74, 6) is 0. The molecule has 14 heavy (non-hydrogen) atoms. The van der Waals surface area contributed by atoms with Gasteiger partial charge in [-0.25, -0.2) is 4.98 Å². The summed E-state index contributed by atoms with van der Waals surface area (Å²) in [6, 6.07) is 5.84. The van der Waals surface area contributed by atoms with Crippen LogP contribution in [0.25, 0.3) is 5.65 Å². The lowest BCUT2D eigenvalue weighted by Crippen LogP contribution is -2.02. The number of nitrogens with two attached hydrogens (primary N) is 1. The van der Waals surface area contributed by atoms with Gasteiger partial charge in [-0.2, -0.15) is 0 Å². The average molecular weight is 191 g/mol.